The van der Waals surface area contributed by atoms with E-state index in [1.165, 1.54) is 19.3 Å². The summed E-state index contributed by atoms with van der Waals surface area (Å²) in [7, 11) is 0. The van der Waals surface area contributed by atoms with E-state index in [1.807, 2.05) is 6.08 Å². The Morgan fingerprint density at radius 2 is 2.00 bits per heavy atom. The molecule has 0 aliphatic carbocycles. The lowest BCUT2D eigenvalue weighted by molar-refractivity contribution is 0.0975. The number of unbranched alkanes of at least 4 members (excludes halogenated alkanes) is 3. The molecule has 0 amide bonds. The van der Waals surface area contributed by atoms with E-state index in [4.69, 9.17) is 10.2 Å². The van der Waals surface area contributed by atoms with Crippen molar-refractivity contribution in [3.05, 3.63) is 12.2 Å². The van der Waals surface area contributed by atoms with Gasteiger partial charge in [-0.1, -0.05) is 31.9 Å². The highest BCUT2D eigenvalue weighted by Crippen LogP contribution is 2.01. The van der Waals surface area contributed by atoms with Crippen molar-refractivity contribution in [2.24, 2.45) is 0 Å². The van der Waals surface area contributed by atoms with Crippen LogP contribution in [-0.4, -0.2) is 22.9 Å². The Morgan fingerprint density at radius 1 is 1.25 bits per heavy atom. The predicted molar refractivity (Wildman–Crippen MR) is 51.0 cm³/mol. The molecule has 0 fully saturated rings. The van der Waals surface area contributed by atoms with E-state index >= 15 is 0 Å². The first-order valence-corrected chi connectivity index (χ1v) is 4.75. The Morgan fingerprint density at radius 3 is 2.58 bits per heavy atom. The van der Waals surface area contributed by atoms with Gasteiger partial charge in [-0.05, 0) is 19.3 Å². The van der Waals surface area contributed by atoms with Crippen LogP contribution in [-0.2, 0) is 0 Å². The first-order valence-electron chi connectivity index (χ1n) is 4.75. The van der Waals surface area contributed by atoms with Crippen LogP contribution in [0.4, 0.5) is 0 Å². The third kappa shape index (κ3) is 7.76. The van der Waals surface area contributed by atoms with Crippen molar-refractivity contribution in [1.82, 2.24) is 0 Å². The Labute approximate surface area is 74.9 Å². The van der Waals surface area contributed by atoms with Gasteiger partial charge in [-0.15, -0.1) is 0 Å². The molecule has 0 rings (SSSR count). The van der Waals surface area contributed by atoms with Crippen LogP contribution in [0.2, 0.25) is 0 Å². The maximum Gasteiger partial charge on any atom is 0.0805 e. The van der Waals surface area contributed by atoms with E-state index in [9.17, 15) is 0 Å². The molecule has 0 saturated carbocycles. The normalized spacial score (nSPS) is 13.9. The van der Waals surface area contributed by atoms with Gasteiger partial charge in [-0.25, -0.2) is 0 Å². The zero-order valence-corrected chi connectivity index (χ0v) is 7.87. The van der Waals surface area contributed by atoms with Crippen molar-refractivity contribution in [3.8, 4) is 0 Å². The fourth-order valence-corrected chi connectivity index (χ4v) is 0.958. The van der Waals surface area contributed by atoms with Crippen LogP contribution in [0.15, 0.2) is 12.2 Å². The van der Waals surface area contributed by atoms with Crippen LogP contribution in [0.3, 0.4) is 0 Å². The van der Waals surface area contributed by atoms with Crippen LogP contribution >= 0.6 is 0 Å². The molecule has 0 aromatic carbocycles. The average molecular weight is 172 g/mol. The third-order valence-electron chi connectivity index (χ3n) is 1.76. The van der Waals surface area contributed by atoms with Gasteiger partial charge in [-0.2, -0.15) is 0 Å². The van der Waals surface area contributed by atoms with Crippen molar-refractivity contribution < 1.29 is 10.2 Å². The molecule has 0 heterocycles. The quantitative estimate of drug-likeness (QED) is 0.454. The van der Waals surface area contributed by atoms with Gasteiger partial charge in [0.25, 0.3) is 0 Å². The van der Waals surface area contributed by atoms with Gasteiger partial charge in [0.1, 0.15) is 0 Å². The largest absolute Gasteiger partial charge is 0.394 e. The summed E-state index contributed by atoms with van der Waals surface area (Å²) in [6.07, 6.45) is 8.84. The maximum absolute atomic E-state index is 8.96. The van der Waals surface area contributed by atoms with Crippen LogP contribution in [0.1, 0.15) is 39.0 Å². The smallest absolute Gasteiger partial charge is 0.0805 e. The van der Waals surface area contributed by atoms with Crippen molar-refractivity contribution in [2.75, 3.05) is 6.61 Å². The lowest BCUT2D eigenvalue weighted by Gasteiger charge is -2.00. The standard InChI is InChI=1S/C10H20O2/c1-2-3-4-5-6-7-8-10(12)9-11/h6-7,10-12H,2-5,8-9H2,1H3. The van der Waals surface area contributed by atoms with E-state index in [-0.39, 0.29) is 6.61 Å². The second kappa shape index (κ2) is 8.75. The molecule has 0 aliphatic heterocycles. The molecule has 0 bridgehead atoms. The van der Waals surface area contributed by atoms with Gasteiger partial charge < -0.3 is 10.2 Å². The zero-order valence-electron chi connectivity index (χ0n) is 7.87. The van der Waals surface area contributed by atoms with Crippen molar-refractivity contribution in [1.29, 1.82) is 0 Å². The molecule has 1 atom stereocenters. The second-order valence-corrected chi connectivity index (χ2v) is 3.04. The first-order chi connectivity index (χ1) is 5.81. The highest BCUT2D eigenvalue weighted by atomic mass is 16.3. The molecule has 0 aliphatic rings. The average Bonchev–Trinajstić information content (AvgIpc) is 2.10. The Balaban J connectivity index is 3.13. The summed E-state index contributed by atoms with van der Waals surface area (Å²) in [4.78, 5) is 0. The van der Waals surface area contributed by atoms with E-state index in [0.717, 1.165) is 6.42 Å². The molecule has 0 spiro atoms. The predicted octanol–water partition coefficient (Wildman–Crippen LogP) is 1.87. The minimum Gasteiger partial charge on any atom is -0.394 e. The van der Waals surface area contributed by atoms with Crippen LogP contribution in [0.25, 0.3) is 0 Å². The van der Waals surface area contributed by atoms with Crippen molar-refractivity contribution >= 4 is 0 Å². The van der Waals surface area contributed by atoms with Gasteiger partial charge in [0, 0.05) is 0 Å². The molecule has 1 unspecified atom stereocenters. The van der Waals surface area contributed by atoms with Gasteiger partial charge in [-0.3, -0.25) is 0 Å². The van der Waals surface area contributed by atoms with Gasteiger partial charge >= 0.3 is 0 Å². The fourth-order valence-electron chi connectivity index (χ4n) is 0.958. The monoisotopic (exact) mass is 172 g/mol. The van der Waals surface area contributed by atoms with Gasteiger partial charge in [0.2, 0.25) is 0 Å². The van der Waals surface area contributed by atoms with Crippen molar-refractivity contribution in [2.45, 2.75) is 45.1 Å². The Hall–Kier alpha value is -0.340. The van der Waals surface area contributed by atoms with Crippen molar-refractivity contribution in [3.63, 3.8) is 0 Å². The SMILES string of the molecule is CCCCCC=CCC(O)CO. The van der Waals surface area contributed by atoms with E-state index in [2.05, 4.69) is 13.0 Å². The zero-order chi connectivity index (χ0) is 9.23. The molecule has 2 nitrogen and oxygen atoms in total. The Kier molecular flexibility index (Phi) is 8.51. The molecular weight excluding hydrogens is 152 g/mol. The van der Waals surface area contributed by atoms with Gasteiger partial charge in [0.15, 0.2) is 0 Å². The van der Waals surface area contributed by atoms with Crippen LogP contribution < -0.4 is 0 Å². The number of aliphatic hydroxyl groups is 2. The van der Waals surface area contributed by atoms with E-state index < -0.39 is 6.10 Å². The molecule has 2 heteroatoms. The summed E-state index contributed by atoms with van der Waals surface area (Å²) >= 11 is 0. The molecule has 12 heavy (non-hydrogen) atoms. The summed E-state index contributed by atoms with van der Waals surface area (Å²) in [6, 6.07) is 0. The first kappa shape index (κ1) is 11.7. The topological polar surface area (TPSA) is 40.5 Å². The second-order valence-electron chi connectivity index (χ2n) is 3.04. The molecular formula is C10H20O2. The molecule has 0 aromatic heterocycles. The molecule has 2 N–H and O–H groups in total. The third-order valence-corrected chi connectivity index (χ3v) is 1.76. The highest BCUT2D eigenvalue weighted by molar-refractivity contribution is 4.83. The number of aliphatic hydroxyl groups excluding tert-OH is 2. The number of allylic oxidation sites excluding steroid dienone is 1. The molecule has 0 saturated heterocycles. The van der Waals surface area contributed by atoms with Gasteiger partial charge in [0.05, 0.1) is 12.7 Å². The Bertz CT molecular complexity index is 110. The summed E-state index contributed by atoms with van der Waals surface area (Å²) in [5.41, 5.74) is 0. The number of hydrogen-bond donors (Lipinski definition) is 2. The summed E-state index contributed by atoms with van der Waals surface area (Å²) in [6.45, 7) is 2.04. The van der Waals surface area contributed by atoms with E-state index in [1.54, 1.807) is 0 Å². The minimum atomic E-state index is -0.576. The van der Waals surface area contributed by atoms with E-state index in [0.29, 0.717) is 6.42 Å². The summed E-state index contributed by atoms with van der Waals surface area (Å²) in [5.74, 6) is 0. The summed E-state index contributed by atoms with van der Waals surface area (Å²) in [5, 5.41) is 17.5. The summed E-state index contributed by atoms with van der Waals surface area (Å²) < 4.78 is 0. The van der Waals surface area contributed by atoms with Crippen LogP contribution in [0, 0.1) is 0 Å². The number of rotatable bonds is 7. The maximum atomic E-state index is 8.96. The lowest BCUT2D eigenvalue weighted by atomic mass is 10.2. The molecule has 0 radical (unpaired) electrons. The van der Waals surface area contributed by atoms with Crippen LogP contribution in [0.5, 0.6) is 0 Å². The molecule has 0 aromatic rings. The molecule has 72 valence electrons. The number of hydrogen-bond acceptors (Lipinski definition) is 2. The fraction of sp³-hybridized carbons (Fsp3) is 0.800. The highest BCUT2D eigenvalue weighted by Gasteiger charge is 1.95. The minimum absolute atomic E-state index is 0.140. The lowest BCUT2D eigenvalue weighted by Crippen LogP contribution is -2.09.